The van der Waals surface area contributed by atoms with Gasteiger partial charge in [-0.15, -0.1) is 0 Å². The van der Waals surface area contributed by atoms with Crippen LogP contribution in [0.25, 0.3) is 0 Å². The minimum atomic E-state index is -0.127. The lowest BCUT2D eigenvalue weighted by Gasteiger charge is -2.26. The Morgan fingerprint density at radius 3 is 2.65 bits per heavy atom. The highest BCUT2D eigenvalue weighted by Gasteiger charge is 2.23. The van der Waals surface area contributed by atoms with Crippen molar-refractivity contribution in [3.05, 3.63) is 64.7 Å². The molecule has 2 aromatic carbocycles. The number of hydrazone groups is 1. The predicted octanol–water partition coefficient (Wildman–Crippen LogP) is 3.69. The number of aryl methyl sites for hydroxylation is 1. The van der Waals surface area contributed by atoms with E-state index >= 15 is 0 Å². The van der Waals surface area contributed by atoms with E-state index < -0.39 is 0 Å². The van der Waals surface area contributed by atoms with Gasteiger partial charge in [0.15, 0.2) is 0 Å². The molecule has 0 N–H and O–H groups in total. The van der Waals surface area contributed by atoms with Gasteiger partial charge in [0.05, 0.1) is 39.1 Å². The number of amides is 1. The zero-order chi connectivity index (χ0) is 23.9. The summed E-state index contributed by atoms with van der Waals surface area (Å²) in [5.41, 5.74) is 4.95. The summed E-state index contributed by atoms with van der Waals surface area (Å²) in [6, 6.07) is 13.7. The highest BCUT2D eigenvalue weighted by molar-refractivity contribution is 6.06. The number of fused-ring (bicyclic) bond motifs is 1. The number of rotatable bonds is 7. The average molecular weight is 464 g/mol. The van der Waals surface area contributed by atoms with E-state index in [1.807, 2.05) is 48.5 Å². The first kappa shape index (κ1) is 24.0. The van der Waals surface area contributed by atoms with E-state index in [-0.39, 0.29) is 17.8 Å². The molecule has 1 amide bonds. The van der Waals surface area contributed by atoms with Gasteiger partial charge in [-0.05, 0) is 73.1 Å². The van der Waals surface area contributed by atoms with Crippen LogP contribution in [0.4, 0.5) is 5.69 Å². The van der Waals surface area contributed by atoms with Crippen LogP contribution in [0.2, 0.25) is 0 Å². The van der Waals surface area contributed by atoms with Gasteiger partial charge < -0.3 is 14.4 Å². The molecule has 7 nitrogen and oxygen atoms in total. The van der Waals surface area contributed by atoms with Crippen molar-refractivity contribution >= 4 is 23.8 Å². The Labute approximate surface area is 201 Å². The average Bonchev–Trinajstić information content (AvgIpc) is 2.87. The minimum Gasteiger partial charge on any atom is -0.466 e. The highest BCUT2D eigenvalue weighted by atomic mass is 16.5. The molecule has 1 fully saturated rings. The third-order valence-corrected chi connectivity index (χ3v) is 6.49. The van der Waals surface area contributed by atoms with Gasteiger partial charge in [0.25, 0.3) is 5.91 Å². The van der Waals surface area contributed by atoms with Crippen LogP contribution in [0.15, 0.2) is 47.6 Å². The van der Waals surface area contributed by atoms with Crippen molar-refractivity contribution < 1.29 is 19.1 Å². The van der Waals surface area contributed by atoms with E-state index in [0.29, 0.717) is 31.8 Å². The van der Waals surface area contributed by atoms with E-state index in [1.165, 1.54) is 11.1 Å². The van der Waals surface area contributed by atoms with Crippen molar-refractivity contribution in [2.24, 2.45) is 11.0 Å². The lowest BCUT2D eigenvalue weighted by Crippen LogP contribution is -2.32. The van der Waals surface area contributed by atoms with Gasteiger partial charge in [-0.1, -0.05) is 18.2 Å². The second-order valence-electron chi connectivity index (χ2n) is 8.87. The second-order valence-corrected chi connectivity index (χ2v) is 8.87. The van der Waals surface area contributed by atoms with Gasteiger partial charge in [0, 0.05) is 24.7 Å². The molecule has 1 atom stereocenters. The molecule has 1 saturated heterocycles. The van der Waals surface area contributed by atoms with Gasteiger partial charge in [-0.3, -0.25) is 14.6 Å². The molecule has 4 rings (SSSR count). The van der Waals surface area contributed by atoms with Crippen LogP contribution in [0.1, 0.15) is 46.8 Å². The first-order chi connectivity index (χ1) is 16.5. The van der Waals surface area contributed by atoms with Gasteiger partial charge in [-0.2, -0.15) is 5.10 Å². The molecular weight excluding hydrogens is 430 g/mol. The fourth-order valence-corrected chi connectivity index (χ4v) is 4.50. The number of esters is 1. The second kappa shape index (κ2) is 11.3. The molecule has 1 unspecified atom stereocenters. The van der Waals surface area contributed by atoms with E-state index in [0.717, 1.165) is 43.6 Å². The summed E-state index contributed by atoms with van der Waals surface area (Å²) in [4.78, 5) is 26.7. The smallest absolute Gasteiger partial charge is 0.306 e. The Bertz CT molecular complexity index is 1030. The Morgan fingerprint density at radius 2 is 1.91 bits per heavy atom. The summed E-state index contributed by atoms with van der Waals surface area (Å²) >= 11 is 0. The normalized spacial score (nSPS) is 17.9. The standard InChI is InChI=1S/C27H33N3O4/c1-3-34-26(31)17-21-6-7-22-10-11-25(18-24(22)16-21)29(2)27(32)23-8-4-20(5-9-23)19-28-30-12-14-33-15-13-30/h4-5,8-11,18-19,21H,3,6-7,12-17H2,1-2H3. The van der Waals surface area contributed by atoms with Gasteiger partial charge in [-0.25, -0.2) is 0 Å². The Balaban J connectivity index is 1.39. The molecule has 0 radical (unpaired) electrons. The van der Waals surface area contributed by atoms with Gasteiger partial charge in [0.1, 0.15) is 0 Å². The van der Waals surface area contributed by atoms with Crippen molar-refractivity contribution in [3.8, 4) is 0 Å². The summed E-state index contributed by atoms with van der Waals surface area (Å²) < 4.78 is 10.5. The third-order valence-electron chi connectivity index (χ3n) is 6.49. The van der Waals surface area contributed by atoms with E-state index in [2.05, 4.69) is 17.2 Å². The number of morpholine rings is 1. The molecule has 0 spiro atoms. The third kappa shape index (κ3) is 6.03. The van der Waals surface area contributed by atoms with Gasteiger partial charge in [0.2, 0.25) is 0 Å². The van der Waals surface area contributed by atoms with Crippen molar-refractivity contribution in [2.45, 2.75) is 32.6 Å². The zero-order valence-corrected chi connectivity index (χ0v) is 20.0. The molecule has 0 saturated carbocycles. The molecule has 2 aliphatic rings. The maximum atomic E-state index is 13.1. The van der Waals surface area contributed by atoms with Crippen molar-refractivity contribution in [2.75, 3.05) is 44.9 Å². The quantitative estimate of drug-likeness (QED) is 0.463. The largest absolute Gasteiger partial charge is 0.466 e. The summed E-state index contributed by atoms with van der Waals surface area (Å²) in [6.07, 6.45) is 5.04. The molecule has 1 heterocycles. The number of hydrogen-bond donors (Lipinski definition) is 0. The predicted molar refractivity (Wildman–Crippen MR) is 132 cm³/mol. The van der Waals surface area contributed by atoms with Crippen molar-refractivity contribution in [1.82, 2.24) is 5.01 Å². The van der Waals surface area contributed by atoms with E-state index in [9.17, 15) is 9.59 Å². The van der Waals surface area contributed by atoms with Crippen LogP contribution in [0, 0.1) is 5.92 Å². The number of hydrogen-bond acceptors (Lipinski definition) is 6. The molecular formula is C27H33N3O4. The zero-order valence-electron chi connectivity index (χ0n) is 20.0. The van der Waals surface area contributed by atoms with Crippen LogP contribution in [0.5, 0.6) is 0 Å². The lowest BCUT2D eigenvalue weighted by atomic mass is 9.82. The monoisotopic (exact) mass is 463 g/mol. The SMILES string of the molecule is CCOC(=O)CC1CCc2ccc(N(C)C(=O)c3ccc(C=NN4CCOCC4)cc3)cc2C1. The molecule has 2 aromatic rings. The minimum absolute atomic E-state index is 0.0597. The Hall–Kier alpha value is -3.19. The number of benzene rings is 2. The number of carbonyl (C=O) groups excluding carboxylic acids is 2. The number of nitrogens with zero attached hydrogens (tertiary/aromatic N) is 3. The topological polar surface area (TPSA) is 71.4 Å². The van der Waals surface area contributed by atoms with Crippen LogP contribution in [-0.2, 0) is 27.1 Å². The molecule has 34 heavy (non-hydrogen) atoms. The van der Waals surface area contributed by atoms with E-state index in [1.54, 1.807) is 11.9 Å². The van der Waals surface area contributed by atoms with Crippen LogP contribution in [0.3, 0.4) is 0 Å². The highest BCUT2D eigenvalue weighted by Crippen LogP contribution is 2.31. The van der Waals surface area contributed by atoms with Crippen LogP contribution in [-0.4, -0.2) is 63.1 Å². The van der Waals surface area contributed by atoms with E-state index in [4.69, 9.17) is 9.47 Å². The van der Waals surface area contributed by atoms with Gasteiger partial charge >= 0.3 is 5.97 Å². The summed E-state index contributed by atoms with van der Waals surface area (Å²) in [6.45, 7) is 5.24. The first-order valence-corrected chi connectivity index (χ1v) is 12.1. The maximum Gasteiger partial charge on any atom is 0.306 e. The van der Waals surface area contributed by atoms with Crippen molar-refractivity contribution in [3.63, 3.8) is 0 Å². The summed E-state index contributed by atoms with van der Waals surface area (Å²) in [5, 5.41) is 6.48. The number of anilines is 1. The fourth-order valence-electron chi connectivity index (χ4n) is 4.50. The number of carbonyl (C=O) groups is 2. The summed E-state index contributed by atoms with van der Waals surface area (Å²) in [7, 11) is 1.80. The fraction of sp³-hybridized carbons (Fsp3) is 0.444. The molecule has 1 aliphatic heterocycles. The summed E-state index contributed by atoms with van der Waals surface area (Å²) in [5.74, 6) is 0.0998. The number of ether oxygens (including phenoxy) is 2. The van der Waals surface area contributed by atoms with Crippen LogP contribution < -0.4 is 4.90 Å². The Morgan fingerprint density at radius 1 is 1.15 bits per heavy atom. The lowest BCUT2D eigenvalue weighted by molar-refractivity contribution is -0.144. The first-order valence-electron chi connectivity index (χ1n) is 12.1. The molecule has 0 bridgehead atoms. The Kier molecular flexibility index (Phi) is 7.95. The molecule has 1 aliphatic carbocycles. The molecule has 0 aromatic heterocycles. The molecule has 7 heteroatoms. The molecule has 180 valence electrons. The maximum absolute atomic E-state index is 13.1. The van der Waals surface area contributed by atoms with Crippen LogP contribution >= 0.6 is 0 Å². The van der Waals surface area contributed by atoms with Crippen molar-refractivity contribution in [1.29, 1.82) is 0 Å².